The van der Waals surface area contributed by atoms with Crippen molar-refractivity contribution in [2.24, 2.45) is 11.7 Å². The number of piperidine rings is 1. The van der Waals surface area contributed by atoms with E-state index in [1.54, 1.807) is 0 Å². The summed E-state index contributed by atoms with van der Waals surface area (Å²) in [5, 5.41) is 3.80. The number of nitrogens with two attached hydrogens (primary N) is 1. The van der Waals surface area contributed by atoms with Gasteiger partial charge in [-0.2, -0.15) is 0 Å². The van der Waals surface area contributed by atoms with E-state index in [0.29, 0.717) is 11.1 Å². The van der Waals surface area contributed by atoms with E-state index in [2.05, 4.69) is 33.0 Å². The first-order valence-corrected chi connectivity index (χ1v) is 10.3. The fraction of sp³-hybridized carbons (Fsp3) is 1.00. The first-order valence-electron chi connectivity index (χ1n) is 10.3. The molecule has 0 spiro atoms. The summed E-state index contributed by atoms with van der Waals surface area (Å²) in [7, 11) is 0. The van der Waals surface area contributed by atoms with Crippen LogP contribution in [0.4, 0.5) is 0 Å². The number of hydrogen-bond donors (Lipinski definition) is 2. The van der Waals surface area contributed by atoms with Crippen LogP contribution in [0, 0.1) is 5.92 Å². The van der Waals surface area contributed by atoms with Crippen molar-refractivity contribution in [3.63, 3.8) is 0 Å². The maximum absolute atomic E-state index is 5.52. The normalized spacial score (nSPS) is 20.7. The standard InChI is InChI=1S/C21H44N2/c1-20(2)17-19(18-21(3,4)23-20)15-13-11-9-7-5-6-8-10-12-14-16-22/h19,23H,5-18,22H2,1-4H3. The maximum atomic E-state index is 5.52. The van der Waals surface area contributed by atoms with Crippen molar-refractivity contribution in [2.45, 2.75) is 122 Å². The molecule has 0 bridgehead atoms. The highest BCUT2D eigenvalue weighted by Gasteiger charge is 2.36. The van der Waals surface area contributed by atoms with Crippen LogP contribution in [-0.4, -0.2) is 17.6 Å². The van der Waals surface area contributed by atoms with E-state index >= 15 is 0 Å². The van der Waals surface area contributed by atoms with Gasteiger partial charge in [-0.3, -0.25) is 0 Å². The summed E-state index contributed by atoms with van der Waals surface area (Å²) in [5.74, 6) is 0.920. The molecule has 1 heterocycles. The second-order valence-corrected chi connectivity index (χ2v) is 9.28. The summed E-state index contributed by atoms with van der Waals surface area (Å²) >= 11 is 0. The third-order valence-electron chi connectivity index (χ3n) is 5.34. The van der Waals surface area contributed by atoms with Gasteiger partial charge in [0, 0.05) is 11.1 Å². The minimum absolute atomic E-state index is 0.316. The molecule has 1 saturated heterocycles. The third-order valence-corrected chi connectivity index (χ3v) is 5.34. The Morgan fingerprint density at radius 1 is 0.696 bits per heavy atom. The summed E-state index contributed by atoms with van der Waals surface area (Å²) in [4.78, 5) is 0. The van der Waals surface area contributed by atoms with Crippen LogP contribution in [0.25, 0.3) is 0 Å². The lowest BCUT2D eigenvalue weighted by molar-refractivity contribution is 0.122. The molecular formula is C21H44N2. The zero-order valence-electron chi connectivity index (χ0n) is 16.6. The van der Waals surface area contributed by atoms with Gasteiger partial charge in [-0.05, 0) is 59.4 Å². The molecule has 23 heavy (non-hydrogen) atoms. The van der Waals surface area contributed by atoms with Gasteiger partial charge in [0.05, 0.1) is 0 Å². The Morgan fingerprint density at radius 2 is 1.09 bits per heavy atom. The fourth-order valence-electron chi connectivity index (χ4n) is 4.73. The van der Waals surface area contributed by atoms with E-state index in [1.165, 1.54) is 83.5 Å². The Kier molecular flexibility index (Phi) is 9.77. The fourth-order valence-corrected chi connectivity index (χ4v) is 4.73. The lowest BCUT2D eigenvalue weighted by Crippen LogP contribution is -2.57. The molecule has 0 saturated carbocycles. The predicted molar refractivity (Wildman–Crippen MR) is 104 cm³/mol. The highest BCUT2D eigenvalue weighted by Crippen LogP contribution is 2.35. The molecule has 0 aromatic carbocycles. The zero-order valence-corrected chi connectivity index (χ0v) is 16.6. The van der Waals surface area contributed by atoms with Gasteiger partial charge in [0.15, 0.2) is 0 Å². The molecule has 0 radical (unpaired) electrons. The van der Waals surface area contributed by atoms with Crippen LogP contribution < -0.4 is 11.1 Å². The van der Waals surface area contributed by atoms with E-state index in [9.17, 15) is 0 Å². The molecule has 0 aromatic rings. The Hall–Kier alpha value is -0.0800. The van der Waals surface area contributed by atoms with Gasteiger partial charge in [0.2, 0.25) is 0 Å². The van der Waals surface area contributed by atoms with Crippen LogP contribution in [0.1, 0.15) is 111 Å². The van der Waals surface area contributed by atoms with Crippen LogP contribution in [-0.2, 0) is 0 Å². The monoisotopic (exact) mass is 324 g/mol. The van der Waals surface area contributed by atoms with Crippen molar-refractivity contribution in [1.82, 2.24) is 5.32 Å². The van der Waals surface area contributed by atoms with E-state index in [-0.39, 0.29) is 0 Å². The summed E-state index contributed by atoms with van der Waals surface area (Å²) < 4.78 is 0. The van der Waals surface area contributed by atoms with Crippen molar-refractivity contribution >= 4 is 0 Å². The van der Waals surface area contributed by atoms with E-state index < -0.39 is 0 Å². The van der Waals surface area contributed by atoms with Crippen molar-refractivity contribution in [1.29, 1.82) is 0 Å². The van der Waals surface area contributed by atoms with Crippen molar-refractivity contribution in [3.05, 3.63) is 0 Å². The maximum Gasteiger partial charge on any atom is 0.0132 e. The van der Waals surface area contributed by atoms with Crippen LogP contribution in [0.2, 0.25) is 0 Å². The molecule has 3 N–H and O–H groups in total. The third kappa shape index (κ3) is 10.4. The lowest BCUT2D eigenvalue weighted by Gasteiger charge is -2.46. The van der Waals surface area contributed by atoms with Crippen LogP contribution >= 0.6 is 0 Å². The largest absolute Gasteiger partial charge is 0.330 e. The molecule has 2 heteroatoms. The Morgan fingerprint density at radius 3 is 1.52 bits per heavy atom. The summed E-state index contributed by atoms with van der Waals surface area (Å²) in [6, 6.07) is 0. The molecule has 0 aliphatic carbocycles. The predicted octanol–water partition coefficient (Wildman–Crippen LogP) is 5.79. The number of unbranched alkanes of at least 4 members (excludes halogenated alkanes) is 9. The van der Waals surface area contributed by atoms with Crippen molar-refractivity contribution < 1.29 is 0 Å². The molecule has 1 rings (SSSR count). The average Bonchev–Trinajstić information content (AvgIpc) is 2.41. The first kappa shape index (κ1) is 21.0. The number of rotatable bonds is 12. The van der Waals surface area contributed by atoms with Gasteiger partial charge in [0.25, 0.3) is 0 Å². The average molecular weight is 325 g/mol. The summed E-state index contributed by atoms with van der Waals surface area (Å²) in [5.41, 5.74) is 6.15. The molecule has 2 nitrogen and oxygen atoms in total. The molecule has 1 aliphatic heterocycles. The molecule has 0 unspecified atom stereocenters. The van der Waals surface area contributed by atoms with E-state index in [1.807, 2.05) is 0 Å². The van der Waals surface area contributed by atoms with Crippen LogP contribution in [0.3, 0.4) is 0 Å². The van der Waals surface area contributed by atoms with Gasteiger partial charge < -0.3 is 11.1 Å². The van der Waals surface area contributed by atoms with Crippen LogP contribution in [0.15, 0.2) is 0 Å². The lowest BCUT2D eigenvalue weighted by atomic mass is 9.74. The number of nitrogens with one attached hydrogen (secondary N) is 1. The molecule has 1 fully saturated rings. The number of hydrogen-bond acceptors (Lipinski definition) is 2. The van der Waals surface area contributed by atoms with Gasteiger partial charge in [-0.25, -0.2) is 0 Å². The van der Waals surface area contributed by atoms with Gasteiger partial charge in [-0.1, -0.05) is 64.2 Å². The van der Waals surface area contributed by atoms with E-state index in [0.717, 1.165) is 12.5 Å². The van der Waals surface area contributed by atoms with Gasteiger partial charge >= 0.3 is 0 Å². The molecule has 138 valence electrons. The zero-order chi connectivity index (χ0) is 17.2. The Bertz CT molecular complexity index is 280. The second-order valence-electron chi connectivity index (χ2n) is 9.28. The summed E-state index contributed by atoms with van der Waals surface area (Å²) in [6.45, 7) is 10.3. The molecule has 0 amide bonds. The second kappa shape index (κ2) is 10.7. The van der Waals surface area contributed by atoms with Gasteiger partial charge in [0.1, 0.15) is 0 Å². The Labute approximate surface area is 146 Å². The quantitative estimate of drug-likeness (QED) is 0.446. The minimum Gasteiger partial charge on any atom is -0.330 e. The van der Waals surface area contributed by atoms with Crippen molar-refractivity contribution in [2.75, 3.05) is 6.54 Å². The Balaban J connectivity index is 1.96. The molecule has 0 atom stereocenters. The molecule has 0 aromatic heterocycles. The highest BCUT2D eigenvalue weighted by molar-refractivity contribution is 4.96. The molecule has 1 aliphatic rings. The molecular weight excluding hydrogens is 280 g/mol. The van der Waals surface area contributed by atoms with Crippen LogP contribution in [0.5, 0.6) is 0 Å². The minimum atomic E-state index is 0.316. The first-order chi connectivity index (χ1) is 10.8. The van der Waals surface area contributed by atoms with Crippen molar-refractivity contribution in [3.8, 4) is 0 Å². The van der Waals surface area contributed by atoms with E-state index in [4.69, 9.17) is 5.73 Å². The topological polar surface area (TPSA) is 38.0 Å². The smallest absolute Gasteiger partial charge is 0.0132 e. The van der Waals surface area contributed by atoms with Gasteiger partial charge in [-0.15, -0.1) is 0 Å². The SMILES string of the molecule is CC1(C)CC(CCCCCCCCCCCCN)CC(C)(C)N1. The highest BCUT2D eigenvalue weighted by atomic mass is 15.0. The summed E-state index contributed by atoms with van der Waals surface area (Å²) in [6.07, 6.45) is 18.1.